The fourth-order valence-electron chi connectivity index (χ4n) is 5.66. The second-order valence-corrected chi connectivity index (χ2v) is 11.6. The van der Waals surface area contributed by atoms with E-state index in [1.54, 1.807) is 49.4 Å². The van der Waals surface area contributed by atoms with E-state index in [4.69, 9.17) is 11.6 Å². The third kappa shape index (κ3) is 3.57. The zero-order chi connectivity index (χ0) is 24.3. The Morgan fingerprint density at radius 2 is 1.44 bits per heavy atom. The van der Waals surface area contributed by atoms with Crippen LogP contribution in [0, 0.1) is 23.7 Å². The first-order valence-electron chi connectivity index (χ1n) is 11.1. The number of rotatable bonds is 5. The number of hydrogen-bond acceptors (Lipinski definition) is 4. The van der Waals surface area contributed by atoms with Crippen LogP contribution < -0.4 is 0 Å². The number of hydrogen-bond donors (Lipinski definition) is 0. The largest absolute Gasteiger partial charge is 0.292 e. The highest BCUT2D eigenvalue weighted by Crippen LogP contribution is 2.60. The molecular weight excluding hydrogens is 588 g/mol. The minimum absolute atomic E-state index is 0.00607. The predicted molar refractivity (Wildman–Crippen MR) is 134 cm³/mol. The van der Waals surface area contributed by atoms with Gasteiger partial charge in [-0.2, -0.15) is 5.01 Å². The van der Waals surface area contributed by atoms with Crippen molar-refractivity contribution in [3.63, 3.8) is 0 Å². The van der Waals surface area contributed by atoms with Gasteiger partial charge >= 0.3 is 0 Å². The van der Waals surface area contributed by atoms with Crippen LogP contribution in [-0.2, 0) is 9.59 Å². The molecule has 2 aromatic rings. The number of Topliss-reactive ketones (excluding diaryl/α,β-unsaturated/α-hetero) is 1. The summed E-state index contributed by atoms with van der Waals surface area (Å²) in [5.41, 5.74) is 0.624. The lowest BCUT2D eigenvalue weighted by atomic mass is 9.81. The van der Waals surface area contributed by atoms with Crippen LogP contribution in [-0.4, -0.2) is 49.2 Å². The molecule has 34 heavy (non-hydrogen) atoms. The highest BCUT2D eigenvalue weighted by molar-refractivity contribution is 9.12. The van der Waals surface area contributed by atoms with Gasteiger partial charge in [0, 0.05) is 25.8 Å². The molecule has 1 saturated heterocycles. The molecule has 0 N–H and O–H groups in total. The Hall–Kier alpha value is -2.03. The number of fused-ring (bicyclic) bond motifs is 5. The molecule has 9 heteroatoms. The average molecular weight is 609 g/mol. The van der Waals surface area contributed by atoms with Gasteiger partial charge in [-0.1, -0.05) is 73.8 Å². The molecule has 2 saturated carbocycles. The molecule has 3 fully saturated rings. The van der Waals surface area contributed by atoms with E-state index in [1.165, 1.54) is 12.1 Å². The third-order valence-electron chi connectivity index (χ3n) is 7.28. The summed E-state index contributed by atoms with van der Waals surface area (Å²) in [7, 11) is 0. The van der Waals surface area contributed by atoms with E-state index in [1.807, 2.05) is 0 Å². The maximum absolute atomic E-state index is 13.7. The number of nitrogens with zero attached hydrogens (tertiary/aromatic N) is 2. The van der Waals surface area contributed by atoms with Gasteiger partial charge in [0.15, 0.2) is 5.78 Å². The topological polar surface area (TPSA) is 74.8 Å². The zero-order valence-corrected chi connectivity index (χ0v) is 22.0. The Balaban J connectivity index is 1.55. The maximum Gasteiger partial charge on any atom is 0.273 e. The molecule has 0 unspecified atom stereocenters. The molecular formula is C25H21Br2ClN2O4. The molecule has 7 atom stereocenters. The monoisotopic (exact) mass is 606 g/mol. The summed E-state index contributed by atoms with van der Waals surface area (Å²) in [4.78, 5) is 54.6. The van der Waals surface area contributed by atoms with Gasteiger partial charge in [0.05, 0.1) is 11.8 Å². The van der Waals surface area contributed by atoms with Crippen molar-refractivity contribution in [1.29, 1.82) is 0 Å². The van der Waals surface area contributed by atoms with Gasteiger partial charge in [-0.15, -0.1) is 0 Å². The quantitative estimate of drug-likeness (QED) is 0.279. The van der Waals surface area contributed by atoms with Crippen LogP contribution >= 0.6 is 43.5 Å². The molecule has 3 amide bonds. The minimum Gasteiger partial charge on any atom is -0.292 e. The molecule has 0 spiro atoms. The number of carbonyl (C=O) groups excluding carboxylic acids is 4. The summed E-state index contributed by atoms with van der Waals surface area (Å²) in [6.07, 6.45) is 0.774. The summed E-state index contributed by atoms with van der Waals surface area (Å²) in [5.74, 6) is -2.82. The van der Waals surface area contributed by atoms with E-state index < -0.39 is 35.6 Å². The standard InChI is InChI=1S/C25H21Br2ClN2O4/c1-12(22(31)13-5-3-2-4-6-13)29(23(32)14-7-9-15(28)10-8-14)30-24(33)18-16-11-17(19(18)25(30)34)21(27)20(16)26/h2-10,12,16-21H,11H2,1H3/t12-,16-,17-,18-,19+,20-,21+/m1/s1. The number of ketones is 1. The summed E-state index contributed by atoms with van der Waals surface area (Å²) in [5, 5.41) is 2.44. The van der Waals surface area contributed by atoms with Crippen LogP contribution in [0.1, 0.15) is 34.1 Å². The van der Waals surface area contributed by atoms with Crippen molar-refractivity contribution in [3.8, 4) is 0 Å². The second-order valence-electron chi connectivity index (χ2n) is 9.05. The van der Waals surface area contributed by atoms with E-state index in [2.05, 4.69) is 31.9 Å². The summed E-state index contributed by atoms with van der Waals surface area (Å²) in [6.45, 7) is 1.55. The first-order valence-corrected chi connectivity index (χ1v) is 13.3. The van der Waals surface area contributed by atoms with E-state index in [-0.39, 0.29) is 32.8 Å². The molecule has 6 nitrogen and oxygen atoms in total. The Morgan fingerprint density at radius 3 is 1.97 bits per heavy atom. The lowest BCUT2D eigenvalue weighted by molar-refractivity contribution is -0.157. The molecule has 3 aliphatic rings. The number of alkyl halides is 2. The molecule has 2 aromatic carbocycles. The molecule has 176 valence electrons. The molecule has 0 aromatic heterocycles. The van der Waals surface area contributed by atoms with Gasteiger partial charge in [0.2, 0.25) is 0 Å². The number of hydrazine groups is 1. The van der Waals surface area contributed by atoms with E-state index >= 15 is 0 Å². The van der Waals surface area contributed by atoms with Crippen LogP contribution in [0.3, 0.4) is 0 Å². The van der Waals surface area contributed by atoms with Crippen LogP contribution in [0.2, 0.25) is 5.02 Å². The number of imide groups is 1. The lowest BCUT2D eigenvalue weighted by Crippen LogP contribution is -2.56. The van der Waals surface area contributed by atoms with Crippen molar-refractivity contribution in [2.45, 2.75) is 29.0 Å². The molecule has 2 aliphatic carbocycles. The third-order valence-corrected chi connectivity index (χ3v) is 10.7. The van der Waals surface area contributed by atoms with Crippen LogP contribution in [0.25, 0.3) is 0 Å². The Kier molecular flexibility index (Phi) is 6.19. The molecule has 1 heterocycles. The van der Waals surface area contributed by atoms with Crippen molar-refractivity contribution in [2.75, 3.05) is 0 Å². The van der Waals surface area contributed by atoms with Crippen molar-refractivity contribution >= 4 is 67.0 Å². The SMILES string of the molecule is C[C@H](C(=O)c1ccccc1)N(C(=O)c1ccc(Cl)cc1)N1C(=O)[C@@H]2[C@H]3C[C@@H]([C@H](Br)[C@@H]3Br)[C@@H]2C1=O. The maximum atomic E-state index is 13.7. The second kappa shape index (κ2) is 8.88. The fourth-order valence-corrected chi connectivity index (χ4v) is 7.66. The van der Waals surface area contributed by atoms with Crippen LogP contribution in [0.5, 0.6) is 0 Å². The number of carbonyl (C=O) groups is 4. The Morgan fingerprint density at radius 1 is 0.912 bits per heavy atom. The summed E-state index contributed by atoms with van der Waals surface area (Å²) in [6, 6.07) is 13.6. The Bertz CT molecular complexity index is 1140. The first kappa shape index (κ1) is 23.7. The summed E-state index contributed by atoms with van der Waals surface area (Å²) >= 11 is 13.3. The lowest BCUT2D eigenvalue weighted by Gasteiger charge is -2.35. The van der Waals surface area contributed by atoms with Gasteiger partial charge in [-0.25, -0.2) is 5.01 Å². The molecule has 1 aliphatic heterocycles. The molecule has 5 rings (SSSR count). The fraction of sp³-hybridized carbons (Fsp3) is 0.360. The van der Waals surface area contributed by atoms with Gasteiger partial charge < -0.3 is 0 Å². The Labute approximate surface area is 218 Å². The van der Waals surface area contributed by atoms with Crippen LogP contribution in [0.4, 0.5) is 0 Å². The van der Waals surface area contributed by atoms with Gasteiger partial charge in [0.1, 0.15) is 6.04 Å². The van der Waals surface area contributed by atoms with Gasteiger partial charge in [0.25, 0.3) is 17.7 Å². The summed E-state index contributed by atoms with van der Waals surface area (Å²) < 4.78 is 0. The molecule has 0 radical (unpaired) electrons. The van der Waals surface area contributed by atoms with Gasteiger partial charge in [-0.05, 0) is 49.4 Å². The average Bonchev–Trinajstić information content (AvgIpc) is 3.45. The number of amides is 3. The molecule has 2 bridgehead atoms. The van der Waals surface area contributed by atoms with Crippen molar-refractivity contribution in [1.82, 2.24) is 10.0 Å². The van der Waals surface area contributed by atoms with E-state index in [0.29, 0.717) is 10.6 Å². The zero-order valence-electron chi connectivity index (χ0n) is 18.1. The van der Waals surface area contributed by atoms with Crippen molar-refractivity contribution < 1.29 is 19.2 Å². The highest BCUT2D eigenvalue weighted by Gasteiger charge is 2.68. The minimum atomic E-state index is -1.07. The number of halogens is 3. The van der Waals surface area contributed by atoms with E-state index in [9.17, 15) is 19.2 Å². The smallest absolute Gasteiger partial charge is 0.273 e. The van der Waals surface area contributed by atoms with Gasteiger partial charge in [-0.3, -0.25) is 19.2 Å². The van der Waals surface area contributed by atoms with Crippen molar-refractivity contribution in [3.05, 3.63) is 70.7 Å². The van der Waals surface area contributed by atoms with E-state index in [0.717, 1.165) is 16.4 Å². The first-order chi connectivity index (χ1) is 16.2. The van der Waals surface area contributed by atoms with Crippen molar-refractivity contribution in [2.24, 2.45) is 23.7 Å². The predicted octanol–water partition coefficient (Wildman–Crippen LogP) is 4.75. The normalized spacial score (nSPS) is 30.4. The van der Waals surface area contributed by atoms with Crippen LogP contribution in [0.15, 0.2) is 54.6 Å². The number of benzene rings is 2. The highest BCUT2D eigenvalue weighted by atomic mass is 79.9.